The highest BCUT2D eigenvalue weighted by atomic mass is 32.1. The van der Waals surface area contributed by atoms with Crippen molar-refractivity contribution >= 4 is 30.4 Å². The molecule has 1 aromatic carbocycles. The van der Waals surface area contributed by atoms with Crippen LogP contribution < -0.4 is 10.6 Å². The summed E-state index contributed by atoms with van der Waals surface area (Å²) in [4.78, 5) is 38.6. The predicted octanol–water partition coefficient (Wildman–Crippen LogP) is 3.81. The van der Waals surface area contributed by atoms with Gasteiger partial charge in [-0.1, -0.05) is 83.2 Å². The molecular formula is C25H40N2O4S. The Labute approximate surface area is 198 Å². The Bertz CT molecular complexity index is 711. The molecule has 1 unspecified atom stereocenters. The molecule has 0 saturated carbocycles. The van der Waals surface area contributed by atoms with Crippen LogP contribution in [0.5, 0.6) is 0 Å². The third-order valence-electron chi connectivity index (χ3n) is 5.37. The van der Waals surface area contributed by atoms with Gasteiger partial charge in [-0.05, 0) is 24.3 Å². The summed E-state index contributed by atoms with van der Waals surface area (Å²) in [7, 11) is 0. The molecule has 7 heteroatoms. The minimum Gasteiger partial charge on any atom is -0.392 e. The number of benzene rings is 1. The van der Waals surface area contributed by atoms with E-state index >= 15 is 0 Å². The van der Waals surface area contributed by atoms with Gasteiger partial charge in [-0.3, -0.25) is 19.7 Å². The molecule has 0 aliphatic heterocycles. The second-order valence-corrected chi connectivity index (χ2v) is 9.34. The number of hydrogen-bond acceptors (Lipinski definition) is 5. The van der Waals surface area contributed by atoms with Crippen molar-refractivity contribution in [1.29, 1.82) is 0 Å². The number of amides is 3. The standard InChI is InChI=1S/C25H40N2O4S/c1-4-5-6-7-11-14-25(17-19(2)3,27-23(30)16-21(28)18-32)24(31)26-22(29)15-20-12-9-8-10-13-20/h8-10,12-13,19,21,28,32H,4-7,11,14-18H2,1-3H3,(H,27,30)(H,26,29,31)/t21?,25-/m0/s1. The van der Waals surface area contributed by atoms with Gasteiger partial charge in [-0.2, -0.15) is 12.6 Å². The van der Waals surface area contributed by atoms with Crippen molar-refractivity contribution in [2.75, 3.05) is 5.75 Å². The van der Waals surface area contributed by atoms with Crippen molar-refractivity contribution < 1.29 is 19.5 Å². The van der Waals surface area contributed by atoms with Crippen molar-refractivity contribution in [1.82, 2.24) is 10.6 Å². The minimum atomic E-state index is -1.19. The van der Waals surface area contributed by atoms with E-state index in [2.05, 4.69) is 30.2 Å². The first-order valence-corrected chi connectivity index (χ1v) is 12.3. The lowest BCUT2D eigenvalue weighted by molar-refractivity contribution is -0.139. The lowest BCUT2D eigenvalue weighted by Crippen LogP contribution is -2.60. The van der Waals surface area contributed by atoms with Gasteiger partial charge in [0.1, 0.15) is 5.54 Å². The van der Waals surface area contributed by atoms with E-state index in [-0.39, 0.29) is 24.5 Å². The van der Waals surface area contributed by atoms with Crippen LogP contribution in [0.25, 0.3) is 0 Å². The van der Waals surface area contributed by atoms with Gasteiger partial charge in [0.2, 0.25) is 11.8 Å². The number of nitrogens with one attached hydrogen (secondary N) is 2. The first kappa shape index (κ1) is 28.2. The molecule has 3 N–H and O–H groups in total. The number of aliphatic hydroxyl groups is 1. The van der Waals surface area contributed by atoms with E-state index in [1.807, 2.05) is 44.2 Å². The van der Waals surface area contributed by atoms with Crippen molar-refractivity contribution in [3.63, 3.8) is 0 Å². The van der Waals surface area contributed by atoms with Crippen LogP contribution >= 0.6 is 12.6 Å². The zero-order chi connectivity index (χ0) is 24.0. The van der Waals surface area contributed by atoms with E-state index in [1.54, 1.807) is 0 Å². The maximum absolute atomic E-state index is 13.4. The van der Waals surface area contributed by atoms with Gasteiger partial charge in [-0.15, -0.1) is 0 Å². The largest absolute Gasteiger partial charge is 0.392 e. The Hall–Kier alpha value is -1.86. The van der Waals surface area contributed by atoms with Crippen LogP contribution in [-0.4, -0.2) is 40.2 Å². The van der Waals surface area contributed by atoms with Crippen LogP contribution in [0.1, 0.15) is 77.7 Å². The molecule has 0 aliphatic rings. The highest BCUT2D eigenvalue weighted by Crippen LogP contribution is 2.25. The summed E-state index contributed by atoms with van der Waals surface area (Å²) in [5.74, 6) is -1.01. The Morgan fingerprint density at radius 3 is 2.28 bits per heavy atom. The number of unbranched alkanes of at least 4 members (excludes halogenated alkanes) is 4. The Morgan fingerprint density at radius 1 is 1.03 bits per heavy atom. The third kappa shape index (κ3) is 10.6. The number of imide groups is 1. The molecule has 0 aromatic heterocycles. The Balaban J connectivity index is 3.01. The quantitative estimate of drug-likeness (QED) is 0.234. The lowest BCUT2D eigenvalue weighted by atomic mass is 9.82. The Morgan fingerprint density at radius 2 is 1.69 bits per heavy atom. The number of carbonyl (C=O) groups excluding carboxylic acids is 3. The number of rotatable bonds is 15. The second-order valence-electron chi connectivity index (χ2n) is 8.97. The van der Waals surface area contributed by atoms with E-state index in [0.717, 1.165) is 37.7 Å². The highest BCUT2D eigenvalue weighted by Gasteiger charge is 2.40. The summed E-state index contributed by atoms with van der Waals surface area (Å²) in [6, 6.07) is 9.22. The molecule has 0 radical (unpaired) electrons. The first-order chi connectivity index (χ1) is 15.2. The average molecular weight is 465 g/mol. The maximum Gasteiger partial charge on any atom is 0.252 e. The molecule has 0 aliphatic carbocycles. The van der Waals surface area contributed by atoms with E-state index in [1.165, 1.54) is 0 Å². The molecule has 32 heavy (non-hydrogen) atoms. The normalized spacial score (nSPS) is 13.9. The molecule has 1 aromatic rings. The molecule has 3 amide bonds. The van der Waals surface area contributed by atoms with Crippen LogP contribution in [0.3, 0.4) is 0 Å². The number of thiol groups is 1. The predicted molar refractivity (Wildman–Crippen MR) is 131 cm³/mol. The zero-order valence-electron chi connectivity index (χ0n) is 19.7. The van der Waals surface area contributed by atoms with Crippen LogP contribution in [0.2, 0.25) is 0 Å². The fourth-order valence-electron chi connectivity index (χ4n) is 3.87. The molecule has 6 nitrogen and oxygen atoms in total. The average Bonchev–Trinajstić information content (AvgIpc) is 2.73. The second kappa shape index (κ2) is 15.1. The van der Waals surface area contributed by atoms with Gasteiger partial charge in [0, 0.05) is 5.75 Å². The summed E-state index contributed by atoms with van der Waals surface area (Å²) < 4.78 is 0. The minimum absolute atomic E-state index is 0.0904. The van der Waals surface area contributed by atoms with Gasteiger partial charge in [0.15, 0.2) is 0 Å². The maximum atomic E-state index is 13.4. The molecule has 0 fully saturated rings. The van der Waals surface area contributed by atoms with Crippen LogP contribution in [0, 0.1) is 5.92 Å². The van der Waals surface area contributed by atoms with Crippen molar-refractivity contribution in [3.05, 3.63) is 35.9 Å². The van der Waals surface area contributed by atoms with E-state index in [0.29, 0.717) is 12.8 Å². The number of carbonyl (C=O) groups is 3. The van der Waals surface area contributed by atoms with E-state index < -0.39 is 29.4 Å². The fraction of sp³-hybridized carbons (Fsp3) is 0.640. The monoisotopic (exact) mass is 464 g/mol. The van der Waals surface area contributed by atoms with Crippen LogP contribution in [-0.2, 0) is 20.8 Å². The summed E-state index contributed by atoms with van der Waals surface area (Å²) in [6.07, 6.45) is 4.95. The zero-order valence-corrected chi connectivity index (χ0v) is 20.6. The van der Waals surface area contributed by atoms with Gasteiger partial charge < -0.3 is 10.4 Å². The summed E-state index contributed by atoms with van der Waals surface area (Å²) in [6.45, 7) is 6.11. The number of aliphatic hydroxyl groups excluding tert-OH is 1. The van der Waals surface area contributed by atoms with Gasteiger partial charge in [0.05, 0.1) is 18.9 Å². The van der Waals surface area contributed by atoms with E-state index in [9.17, 15) is 19.5 Å². The molecule has 0 heterocycles. The molecule has 0 spiro atoms. The lowest BCUT2D eigenvalue weighted by Gasteiger charge is -2.35. The molecule has 0 saturated heterocycles. The fourth-order valence-corrected chi connectivity index (χ4v) is 4.00. The molecule has 2 atom stereocenters. The Kier molecular flexibility index (Phi) is 13.3. The summed E-state index contributed by atoms with van der Waals surface area (Å²) >= 11 is 4.03. The van der Waals surface area contributed by atoms with Crippen LogP contribution in [0.15, 0.2) is 30.3 Å². The molecule has 0 bridgehead atoms. The van der Waals surface area contributed by atoms with Gasteiger partial charge in [0.25, 0.3) is 5.91 Å². The van der Waals surface area contributed by atoms with Crippen LogP contribution in [0.4, 0.5) is 0 Å². The third-order valence-corrected chi connectivity index (χ3v) is 5.79. The highest BCUT2D eigenvalue weighted by molar-refractivity contribution is 7.80. The van der Waals surface area contributed by atoms with Gasteiger partial charge in [-0.25, -0.2) is 0 Å². The topological polar surface area (TPSA) is 95.5 Å². The van der Waals surface area contributed by atoms with Crippen molar-refractivity contribution in [2.24, 2.45) is 5.92 Å². The molecule has 180 valence electrons. The molecular weight excluding hydrogens is 424 g/mol. The van der Waals surface area contributed by atoms with E-state index in [4.69, 9.17) is 0 Å². The SMILES string of the molecule is CCCCCCC[C@@](CC(C)C)(NC(=O)CC(O)CS)C(=O)NC(=O)Cc1ccccc1. The van der Waals surface area contributed by atoms with Crippen molar-refractivity contribution in [2.45, 2.75) is 90.2 Å². The summed E-state index contributed by atoms with van der Waals surface area (Å²) in [5, 5.41) is 15.3. The van der Waals surface area contributed by atoms with Gasteiger partial charge >= 0.3 is 0 Å². The molecule has 1 rings (SSSR count). The number of hydrogen-bond donors (Lipinski definition) is 4. The summed E-state index contributed by atoms with van der Waals surface area (Å²) in [5.41, 5.74) is -0.382. The smallest absolute Gasteiger partial charge is 0.252 e. The van der Waals surface area contributed by atoms with Crippen molar-refractivity contribution in [3.8, 4) is 0 Å². The first-order valence-electron chi connectivity index (χ1n) is 11.7.